The quantitative estimate of drug-likeness (QED) is 0.511. The maximum Gasteiger partial charge on any atom is 0.144 e. The number of phenolic OH excluding ortho intramolecular Hbond substituents is 1. The van der Waals surface area contributed by atoms with Crippen molar-refractivity contribution in [2.24, 2.45) is 0 Å². The van der Waals surface area contributed by atoms with Gasteiger partial charge in [0.05, 0.1) is 11.8 Å². The summed E-state index contributed by atoms with van der Waals surface area (Å²) in [6.07, 6.45) is 0.882. The zero-order valence-corrected chi connectivity index (χ0v) is 8.62. The van der Waals surface area contributed by atoms with Gasteiger partial charge in [0.1, 0.15) is 5.75 Å². The Morgan fingerprint density at radius 2 is 2.07 bits per heavy atom. The summed E-state index contributed by atoms with van der Waals surface area (Å²) in [4.78, 5) is 0. The molecule has 1 unspecified atom stereocenters. The predicted molar refractivity (Wildman–Crippen MR) is 57.1 cm³/mol. The van der Waals surface area contributed by atoms with Crippen molar-refractivity contribution in [3.05, 3.63) is 23.3 Å². The van der Waals surface area contributed by atoms with Gasteiger partial charge in [-0.3, -0.25) is 0 Å². The second-order valence-electron chi connectivity index (χ2n) is 3.60. The predicted octanol–water partition coefficient (Wildman–Crippen LogP) is 2.12. The van der Waals surface area contributed by atoms with Gasteiger partial charge in [0.15, 0.2) is 0 Å². The molecule has 0 saturated carbocycles. The Labute approximate surface area is 84.2 Å². The van der Waals surface area contributed by atoms with E-state index in [2.05, 4.69) is 0 Å². The number of rotatable bonds is 3. The van der Waals surface area contributed by atoms with Gasteiger partial charge < -0.3 is 15.9 Å². The molecule has 78 valence electrons. The lowest BCUT2D eigenvalue weighted by Crippen LogP contribution is -2.00. The van der Waals surface area contributed by atoms with E-state index in [0.717, 1.165) is 12.0 Å². The molecule has 3 nitrogen and oxygen atoms in total. The Kier molecular flexibility index (Phi) is 3.36. The molecule has 1 aromatic rings. The van der Waals surface area contributed by atoms with Gasteiger partial charge in [-0.2, -0.15) is 0 Å². The normalized spacial score (nSPS) is 12.8. The van der Waals surface area contributed by atoms with Crippen LogP contribution in [-0.2, 0) is 0 Å². The van der Waals surface area contributed by atoms with E-state index in [1.807, 2.05) is 13.8 Å². The largest absolute Gasteiger partial charge is 0.505 e. The van der Waals surface area contributed by atoms with Crippen molar-refractivity contribution in [2.45, 2.75) is 32.8 Å². The van der Waals surface area contributed by atoms with Crippen molar-refractivity contribution in [3.8, 4) is 5.75 Å². The van der Waals surface area contributed by atoms with Gasteiger partial charge in [-0.25, -0.2) is 0 Å². The van der Waals surface area contributed by atoms with E-state index >= 15 is 0 Å². The molecule has 0 bridgehead atoms. The van der Waals surface area contributed by atoms with Crippen molar-refractivity contribution in [3.63, 3.8) is 0 Å². The summed E-state index contributed by atoms with van der Waals surface area (Å²) in [6, 6.07) is 3.46. The lowest BCUT2D eigenvalue weighted by molar-refractivity contribution is 0.163. The third-order valence-electron chi connectivity index (χ3n) is 2.23. The zero-order chi connectivity index (χ0) is 10.7. The summed E-state index contributed by atoms with van der Waals surface area (Å²) >= 11 is 0. The Balaban J connectivity index is 3.07. The number of aryl methyl sites for hydroxylation is 1. The van der Waals surface area contributed by atoms with Crippen LogP contribution >= 0.6 is 0 Å². The highest BCUT2D eigenvalue weighted by Gasteiger charge is 2.13. The molecular weight excluding hydrogens is 178 g/mol. The minimum Gasteiger partial charge on any atom is -0.505 e. The highest BCUT2D eigenvalue weighted by Crippen LogP contribution is 2.33. The average molecular weight is 195 g/mol. The highest BCUT2D eigenvalue weighted by molar-refractivity contribution is 5.58. The smallest absolute Gasteiger partial charge is 0.144 e. The van der Waals surface area contributed by atoms with Crippen LogP contribution in [0.25, 0.3) is 0 Å². The number of hydrogen-bond donors (Lipinski definition) is 3. The van der Waals surface area contributed by atoms with Crippen LogP contribution in [0.3, 0.4) is 0 Å². The number of aliphatic hydroxyl groups excluding tert-OH is 1. The van der Waals surface area contributed by atoms with Gasteiger partial charge in [-0.15, -0.1) is 0 Å². The number of aliphatic hydroxyl groups is 1. The first-order valence-corrected chi connectivity index (χ1v) is 4.83. The van der Waals surface area contributed by atoms with Crippen molar-refractivity contribution in [1.29, 1.82) is 0 Å². The number of aromatic hydroxyl groups is 1. The van der Waals surface area contributed by atoms with Crippen LogP contribution in [0.5, 0.6) is 5.75 Å². The number of hydrogen-bond acceptors (Lipinski definition) is 3. The third-order valence-corrected chi connectivity index (χ3v) is 2.23. The SMILES string of the molecule is CCCC(O)c1cc(C)cc(N)c1O. The number of phenols is 1. The number of anilines is 1. The Morgan fingerprint density at radius 3 is 2.64 bits per heavy atom. The monoisotopic (exact) mass is 195 g/mol. The minimum absolute atomic E-state index is 0.0107. The van der Waals surface area contributed by atoms with Crippen LogP contribution in [0.4, 0.5) is 5.69 Å². The van der Waals surface area contributed by atoms with E-state index in [-0.39, 0.29) is 5.75 Å². The second kappa shape index (κ2) is 4.33. The molecule has 0 aliphatic carbocycles. The van der Waals surface area contributed by atoms with E-state index in [4.69, 9.17) is 5.73 Å². The lowest BCUT2D eigenvalue weighted by Gasteiger charge is -2.13. The molecule has 4 N–H and O–H groups in total. The molecule has 0 spiro atoms. The van der Waals surface area contributed by atoms with Gasteiger partial charge in [0.25, 0.3) is 0 Å². The van der Waals surface area contributed by atoms with E-state index in [1.54, 1.807) is 12.1 Å². The Morgan fingerprint density at radius 1 is 1.43 bits per heavy atom. The topological polar surface area (TPSA) is 66.5 Å². The summed E-state index contributed by atoms with van der Waals surface area (Å²) < 4.78 is 0. The first-order valence-electron chi connectivity index (χ1n) is 4.83. The molecular formula is C11H17NO2. The molecule has 1 aromatic carbocycles. The number of nitrogens with two attached hydrogens (primary N) is 1. The Hall–Kier alpha value is -1.22. The van der Waals surface area contributed by atoms with E-state index in [0.29, 0.717) is 17.7 Å². The fourth-order valence-electron chi connectivity index (χ4n) is 1.52. The van der Waals surface area contributed by atoms with E-state index in [9.17, 15) is 10.2 Å². The molecule has 0 amide bonds. The maximum absolute atomic E-state index is 9.73. The highest BCUT2D eigenvalue weighted by atomic mass is 16.3. The van der Waals surface area contributed by atoms with E-state index in [1.165, 1.54) is 0 Å². The molecule has 0 radical (unpaired) electrons. The molecule has 0 fully saturated rings. The lowest BCUT2D eigenvalue weighted by atomic mass is 10.0. The summed E-state index contributed by atoms with van der Waals surface area (Å²) in [5.41, 5.74) is 7.40. The fourth-order valence-corrected chi connectivity index (χ4v) is 1.52. The molecule has 0 aromatic heterocycles. The number of nitrogen functional groups attached to an aromatic ring is 1. The zero-order valence-electron chi connectivity index (χ0n) is 8.62. The van der Waals surface area contributed by atoms with Crippen molar-refractivity contribution >= 4 is 5.69 Å². The van der Waals surface area contributed by atoms with Crippen LogP contribution in [0.15, 0.2) is 12.1 Å². The molecule has 0 aliphatic rings. The molecule has 0 aliphatic heterocycles. The van der Waals surface area contributed by atoms with Gasteiger partial charge in [-0.05, 0) is 31.0 Å². The molecule has 14 heavy (non-hydrogen) atoms. The number of benzene rings is 1. The summed E-state index contributed by atoms with van der Waals surface area (Å²) in [7, 11) is 0. The summed E-state index contributed by atoms with van der Waals surface area (Å²) in [6.45, 7) is 3.87. The third kappa shape index (κ3) is 2.17. The van der Waals surface area contributed by atoms with Crippen LogP contribution in [0.2, 0.25) is 0 Å². The molecule has 0 heterocycles. The van der Waals surface area contributed by atoms with Crippen molar-refractivity contribution in [2.75, 3.05) is 5.73 Å². The fraction of sp³-hybridized carbons (Fsp3) is 0.455. The summed E-state index contributed by atoms with van der Waals surface area (Å²) in [5, 5.41) is 19.4. The van der Waals surface area contributed by atoms with Crippen molar-refractivity contribution < 1.29 is 10.2 Å². The van der Waals surface area contributed by atoms with Crippen LogP contribution in [-0.4, -0.2) is 10.2 Å². The molecule has 3 heteroatoms. The van der Waals surface area contributed by atoms with E-state index < -0.39 is 6.10 Å². The average Bonchev–Trinajstić information content (AvgIpc) is 2.11. The first kappa shape index (κ1) is 10.9. The van der Waals surface area contributed by atoms with Crippen LogP contribution in [0.1, 0.15) is 37.0 Å². The van der Waals surface area contributed by atoms with Crippen molar-refractivity contribution in [1.82, 2.24) is 0 Å². The van der Waals surface area contributed by atoms with Crippen LogP contribution in [0, 0.1) is 6.92 Å². The molecule has 1 rings (SSSR count). The van der Waals surface area contributed by atoms with Gasteiger partial charge in [0, 0.05) is 5.56 Å². The standard InChI is InChI=1S/C11H17NO2/c1-3-4-10(13)8-5-7(2)6-9(12)11(8)14/h5-6,10,13-14H,3-4,12H2,1-2H3. The first-order chi connectivity index (χ1) is 6.56. The van der Waals surface area contributed by atoms with Gasteiger partial charge in [-0.1, -0.05) is 13.3 Å². The van der Waals surface area contributed by atoms with Gasteiger partial charge in [0.2, 0.25) is 0 Å². The maximum atomic E-state index is 9.73. The minimum atomic E-state index is -0.623. The van der Waals surface area contributed by atoms with Gasteiger partial charge >= 0.3 is 0 Å². The van der Waals surface area contributed by atoms with Crippen LogP contribution < -0.4 is 5.73 Å². The second-order valence-corrected chi connectivity index (χ2v) is 3.60. The summed E-state index contributed by atoms with van der Waals surface area (Å²) in [5.74, 6) is 0.0107. The molecule has 1 atom stereocenters. The molecule has 0 saturated heterocycles. The Bertz CT molecular complexity index is 323.